The van der Waals surface area contributed by atoms with Crippen molar-refractivity contribution in [2.45, 2.75) is 39.0 Å². The lowest BCUT2D eigenvalue weighted by Crippen LogP contribution is -2.11. The lowest BCUT2D eigenvalue weighted by Gasteiger charge is -2.13. The van der Waals surface area contributed by atoms with Gasteiger partial charge in [0.25, 0.3) is 0 Å². The first-order chi connectivity index (χ1) is 8.19. The van der Waals surface area contributed by atoms with Crippen LogP contribution in [0.1, 0.15) is 49.6 Å². The van der Waals surface area contributed by atoms with E-state index in [1.165, 1.54) is 6.26 Å². The summed E-state index contributed by atoms with van der Waals surface area (Å²) in [4.78, 5) is 11.9. The van der Waals surface area contributed by atoms with Crippen LogP contribution in [0.25, 0.3) is 0 Å². The highest BCUT2D eigenvalue weighted by Crippen LogP contribution is 2.23. The van der Waals surface area contributed by atoms with Crippen LogP contribution in [0.4, 0.5) is 0 Å². The minimum absolute atomic E-state index is 0.0694. The van der Waals surface area contributed by atoms with Crippen LogP contribution in [0.5, 0.6) is 0 Å². The maximum atomic E-state index is 11.9. The highest BCUT2D eigenvalue weighted by Gasteiger charge is 2.16. The average Bonchev–Trinajstić information content (AvgIpc) is 2.72. The molecule has 0 radical (unpaired) electrons. The summed E-state index contributed by atoms with van der Waals surface area (Å²) < 4.78 is 5.90. The normalized spacial score (nSPS) is 12.6. The fourth-order valence-corrected chi connectivity index (χ4v) is 2.44. The number of hydrogen-bond donors (Lipinski definition) is 1. The largest absolute Gasteiger partial charge is 0.460 e. The second-order valence-corrected chi connectivity index (χ2v) is 5.15. The van der Waals surface area contributed by atoms with Crippen LogP contribution in [0.15, 0.2) is 21.2 Å². The number of hydrogen-bond acceptors (Lipinski definition) is 3. The molecule has 3 nitrogen and oxygen atoms in total. The molecule has 1 unspecified atom stereocenters. The van der Waals surface area contributed by atoms with Gasteiger partial charge in [-0.15, -0.1) is 0 Å². The van der Waals surface area contributed by atoms with Gasteiger partial charge >= 0.3 is 0 Å². The predicted molar refractivity (Wildman–Crippen MR) is 72.0 cm³/mol. The first-order valence-corrected chi connectivity index (χ1v) is 6.94. The Hall–Kier alpha value is -0.610. The van der Waals surface area contributed by atoms with Crippen LogP contribution in [0.3, 0.4) is 0 Å². The van der Waals surface area contributed by atoms with Crippen molar-refractivity contribution in [3.63, 3.8) is 0 Å². The fraction of sp³-hybridized carbons (Fsp3) is 0.615. The zero-order valence-corrected chi connectivity index (χ0v) is 11.8. The zero-order valence-electron chi connectivity index (χ0n) is 10.2. The maximum absolute atomic E-state index is 11.9. The van der Waals surface area contributed by atoms with E-state index in [4.69, 9.17) is 10.2 Å². The Bertz CT molecular complexity index is 343. The van der Waals surface area contributed by atoms with Crippen LogP contribution in [-0.2, 0) is 0 Å². The van der Waals surface area contributed by atoms with Crippen molar-refractivity contribution in [2.24, 2.45) is 11.7 Å². The third-order valence-corrected chi connectivity index (χ3v) is 3.55. The van der Waals surface area contributed by atoms with Gasteiger partial charge in [0.05, 0.1) is 10.7 Å². The standard InChI is InChI=1S/C13H20BrNO2/c1-2-3-10(6-8-15)4-5-12(16)13-11(14)7-9-17-13/h7,9-10H,2-6,8,15H2,1H3. The van der Waals surface area contributed by atoms with Crippen LogP contribution >= 0.6 is 15.9 Å². The zero-order chi connectivity index (χ0) is 12.7. The summed E-state index contributed by atoms with van der Waals surface area (Å²) in [6.45, 7) is 2.86. The van der Waals surface area contributed by atoms with Gasteiger partial charge in [0.2, 0.25) is 0 Å². The number of rotatable bonds is 8. The lowest BCUT2D eigenvalue weighted by atomic mass is 9.93. The minimum atomic E-state index is 0.0694. The monoisotopic (exact) mass is 301 g/mol. The summed E-state index contributed by atoms with van der Waals surface area (Å²) in [5.41, 5.74) is 5.57. The Morgan fingerprint density at radius 1 is 1.47 bits per heavy atom. The van der Waals surface area contributed by atoms with E-state index < -0.39 is 0 Å². The van der Waals surface area contributed by atoms with Gasteiger partial charge in [-0.05, 0) is 47.3 Å². The molecule has 0 aromatic carbocycles. The molecule has 96 valence electrons. The summed E-state index contributed by atoms with van der Waals surface area (Å²) in [6, 6.07) is 1.75. The molecule has 0 spiro atoms. The molecule has 17 heavy (non-hydrogen) atoms. The van der Waals surface area contributed by atoms with E-state index in [-0.39, 0.29) is 5.78 Å². The van der Waals surface area contributed by atoms with Crippen LogP contribution in [0.2, 0.25) is 0 Å². The van der Waals surface area contributed by atoms with Gasteiger partial charge in [0.15, 0.2) is 11.5 Å². The van der Waals surface area contributed by atoms with Crippen molar-refractivity contribution in [1.82, 2.24) is 0 Å². The van der Waals surface area contributed by atoms with Crippen LogP contribution < -0.4 is 5.73 Å². The lowest BCUT2D eigenvalue weighted by molar-refractivity contribution is 0.0944. The number of halogens is 1. The molecule has 4 heteroatoms. The van der Waals surface area contributed by atoms with Gasteiger partial charge < -0.3 is 10.2 Å². The molecule has 0 bridgehead atoms. The third-order valence-electron chi connectivity index (χ3n) is 2.92. The molecule has 0 aliphatic carbocycles. The number of Topliss-reactive ketones (excluding diaryl/α,β-unsaturated/α-hetero) is 1. The molecular weight excluding hydrogens is 282 g/mol. The van der Waals surface area contributed by atoms with Gasteiger partial charge in [-0.3, -0.25) is 4.79 Å². The number of carbonyl (C=O) groups is 1. The van der Waals surface area contributed by atoms with Gasteiger partial charge in [0.1, 0.15) is 0 Å². The first-order valence-electron chi connectivity index (χ1n) is 6.15. The van der Waals surface area contributed by atoms with Crippen molar-refractivity contribution >= 4 is 21.7 Å². The van der Waals surface area contributed by atoms with E-state index in [0.717, 1.165) is 30.2 Å². The molecule has 1 heterocycles. The number of nitrogens with two attached hydrogens (primary N) is 1. The SMILES string of the molecule is CCCC(CCN)CCC(=O)c1occc1Br. The summed E-state index contributed by atoms with van der Waals surface area (Å²) in [7, 11) is 0. The van der Waals surface area contributed by atoms with Gasteiger partial charge in [0, 0.05) is 6.42 Å². The molecule has 0 saturated carbocycles. The van der Waals surface area contributed by atoms with Gasteiger partial charge in [-0.25, -0.2) is 0 Å². The third kappa shape index (κ3) is 4.64. The van der Waals surface area contributed by atoms with Crippen molar-refractivity contribution < 1.29 is 9.21 Å². The van der Waals surface area contributed by atoms with E-state index >= 15 is 0 Å². The van der Waals surface area contributed by atoms with Crippen molar-refractivity contribution in [3.05, 3.63) is 22.6 Å². The van der Waals surface area contributed by atoms with Crippen LogP contribution in [-0.4, -0.2) is 12.3 Å². The Balaban J connectivity index is 2.43. The maximum Gasteiger partial charge on any atom is 0.199 e. The predicted octanol–water partition coefficient (Wildman–Crippen LogP) is 3.77. The molecule has 2 N–H and O–H groups in total. The highest BCUT2D eigenvalue weighted by molar-refractivity contribution is 9.10. The summed E-state index contributed by atoms with van der Waals surface area (Å²) in [6.07, 6.45) is 6.25. The molecule has 1 rings (SSSR count). The van der Waals surface area contributed by atoms with E-state index in [1.807, 2.05) is 0 Å². The molecule has 1 atom stereocenters. The van der Waals surface area contributed by atoms with Gasteiger partial charge in [-0.1, -0.05) is 19.8 Å². The summed E-state index contributed by atoms with van der Waals surface area (Å²) in [5, 5.41) is 0. The summed E-state index contributed by atoms with van der Waals surface area (Å²) >= 11 is 3.30. The molecule has 0 saturated heterocycles. The Labute approximate surface area is 111 Å². The van der Waals surface area contributed by atoms with E-state index in [9.17, 15) is 4.79 Å². The van der Waals surface area contributed by atoms with Crippen molar-refractivity contribution in [1.29, 1.82) is 0 Å². The summed E-state index contributed by atoms with van der Waals surface area (Å²) in [5.74, 6) is 1.07. The Kier molecular flexibility index (Phi) is 6.52. The molecule has 1 aromatic heterocycles. The number of carbonyl (C=O) groups excluding carboxylic acids is 1. The van der Waals surface area contributed by atoms with Crippen molar-refractivity contribution in [2.75, 3.05) is 6.54 Å². The second-order valence-electron chi connectivity index (χ2n) is 4.29. The first kappa shape index (κ1) is 14.5. The molecular formula is C13H20BrNO2. The van der Waals surface area contributed by atoms with Crippen molar-refractivity contribution in [3.8, 4) is 0 Å². The molecule has 0 amide bonds. The molecule has 0 aliphatic rings. The molecule has 0 fully saturated rings. The quantitative estimate of drug-likeness (QED) is 0.744. The van der Waals surface area contributed by atoms with E-state index in [1.54, 1.807) is 6.07 Å². The topological polar surface area (TPSA) is 56.2 Å². The number of furan rings is 1. The Morgan fingerprint density at radius 3 is 2.76 bits per heavy atom. The second kappa shape index (κ2) is 7.67. The average molecular weight is 302 g/mol. The van der Waals surface area contributed by atoms with E-state index in [2.05, 4.69) is 22.9 Å². The molecule has 0 aliphatic heterocycles. The number of ketones is 1. The highest BCUT2D eigenvalue weighted by atomic mass is 79.9. The minimum Gasteiger partial charge on any atom is -0.460 e. The molecule has 1 aromatic rings. The van der Waals surface area contributed by atoms with E-state index in [0.29, 0.717) is 24.6 Å². The fourth-order valence-electron chi connectivity index (χ4n) is 2.02. The smallest absolute Gasteiger partial charge is 0.199 e. The van der Waals surface area contributed by atoms with Crippen LogP contribution in [0, 0.1) is 5.92 Å². The Morgan fingerprint density at radius 2 is 2.24 bits per heavy atom. The van der Waals surface area contributed by atoms with Gasteiger partial charge in [-0.2, -0.15) is 0 Å².